The van der Waals surface area contributed by atoms with E-state index in [4.69, 9.17) is 0 Å². The highest BCUT2D eigenvalue weighted by Gasteiger charge is 2.36. The smallest absolute Gasteiger partial charge is 0.254 e. The summed E-state index contributed by atoms with van der Waals surface area (Å²) in [5.74, 6) is 0.155. The van der Waals surface area contributed by atoms with Crippen molar-refractivity contribution in [2.24, 2.45) is 0 Å². The standard InChI is InChI=1S/C16H20N4O/c21-16(11-5-6-12-10-18-19-14(12)9-11)20-8-2-4-15(20)13-3-1-7-17-13/h5-6,9-10,13,15,17H,1-4,7-8H2,(H,18,19). The summed E-state index contributed by atoms with van der Waals surface area (Å²) in [4.78, 5) is 14.9. The van der Waals surface area contributed by atoms with Gasteiger partial charge in [-0.25, -0.2) is 0 Å². The number of hydrogen-bond acceptors (Lipinski definition) is 3. The Hall–Kier alpha value is -1.88. The fourth-order valence-corrected chi connectivity index (χ4v) is 3.74. The molecule has 2 saturated heterocycles. The molecule has 2 fully saturated rings. The molecule has 5 heteroatoms. The fraction of sp³-hybridized carbons (Fsp3) is 0.500. The van der Waals surface area contributed by atoms with Crippen LogP contribution in [0.4, 0.5) is 0 Å². The van der Waals surface area contributed by atoms with E-state index in [1.54, 1.807) is 6.20 Å². The predicted octanol–water partition coefficient (Wildman–Crippen LogP) is 1.92. The van der Waals surface area contributed by atoms with E-state index >= 15 is 0 Å². The normalized spacial score (nSPS) is 25.8. The molecule has 0 bridgehead atoms. The third-order valence-corrected chi connectivity index (χ3v) is 4.81. The van der Waals surface area contributed by atoms with Crippen LogP contribution in [0.1, 0.15) is 36.0 Å². The number of rotatable bonds is 2. The van der Waals surface area contributed by atoms with Gasteiger partial charge in [0.1, 0.15) is 0 Å². The predicted molar refractivity (Wildman–Crippen MR) is 81.2 cm³/mol. The summed E-state index contributed by atoms with van der Waals surface area (Å²) >= 11 is 0. The first-order valence-electron chi connectivity index (χ1n) is 7.80. The Morgan fingerprint density at radius 2 is 2.24 bits per heavy atom. The van der Waals surface area contributed by atoms with E-state index in [9.17, 15) is 4.79 Å². The summed E-state index contributed by atoms with van der Waals surface area (Å²) in [6.07, 6.45) is 6.43. The molecule has 3 heterocycles. The van der Waals surface area contributed by atoms with Crippen molar-refractivity contribution in [3.63, 3.8) is 0 Å². The molecule has 2 aliphatic heterocycles. The van der Waals surface area contributed by atoms with Crippen molar-refractivity contribution in [3.8, 4) is 0 Å². The lowest BCUT2D eigenvalue weighted by molar-refractivity contribution is 0.0711. The number of amides is 1. The Labute approximate surface area is 123 Å². The van der Waals surface area contributed by atoms with Gasteiger partial charge in [-0.3, -0.25) is 9.89 Å². The summed E-state index contributed by atoms with van der Waals surface area (Å²) in [6.45, 7) is 1.96. The maximum absolute atomic E-state index is 12.8. The van der Waals surface area contributed by atoms with Crippen molar-refractivity contribution in [2.45, 2.75) is 37.8 Å². The van der Waals surface area contributed by atoms with E-state index in [0.29, 0.717) is 12.1 Å². The van der Waals surface area contributed by atoms with Crippen molar-refractivity contribution in [1.82, 2.24) is 20.4 Å². The number of likely N-dealkylation sites (tertiary alicyclic amines) is 1. The topological polar surface area (TPSA) is 61.0 Å². The molecule has 21 heavy (non-hydrogen) atoms. The molecule has 1 aromatic heterocycles. The fourth-order valence-electron chi connectivity index (χ4n) is 3.74. The van der Waals surface area contributed by atoms with Gasteiger partial charge < -0.3 is 10.2 Å². The molecule has 1 aromatic carbocycles. The second-order valence-corrected chi connectivity index (χ2v) is 6.08. The third kappa shape index (κ3) is 2.21. The van der Waals surface area contributed by atoms with Gasteiger partial charge in [0, 0.05) is 29.6 Å². The number of aromatic nitrogens is 2. The van der Waals surface area contributed by atoms with Crippen LogP contribution >= 0.6 is 0 Å². The number of nitrogens with one attached hydrogen (secondary N) is 2. The molecule has 2 N–H and O–H groups in total. The second-order valence-electron chi connectivity index (χ2n) is 6.08. The zero-order chi connectivity index (χ0) is 14.2. The Morgan fingerprint density at radius 3 is 3.10 bits per heavy atom. The summed E-state index contributed by atoms with van der Waals surface area (Å²) in [5.41, 5.74) is 1.69. The van der Waals surface area contributed by atoms with E-state index in [0.717, 1.165) is 42.4 Å². The Kier molecular flexibility index (Phi) is 3.15. The lowest BCUT2D eigenvalue weighted by Crippen LogP contribution is -2.46. The molecular formula is C16H20N4O. The molecule has 1 amide bonds. The van der Waals surface area contributed by atoms with E-state index < -0.39 is 0 Å². The number of H-pyrrole nitrogens is 1. The average molecular weight is 284 g/mol. The first-order chi connectivity index (χ1) is 10.3. The maximum atomic E-state index is 12.8. The van der Waals surface area contributed by atoms with Crippen LogP contribution in [0.2, 0.25) is 0 Å². The molecule has 4 rings (SSSR count). The molecule has 5 nitrogen and oxygen atoms in total. The molecule has 2 aliphatic rings. The SMILES string of the molecule is O=C(c1ccc2cn[nH]c2c1)N1CCCC1C1CCCN1. The van der Waals surface area contributed by atoms with Crippen molar-refractivity contribution in [1.29, 1.82) is 0 Å². The van der Waals surface area contributed by atoms with Crippen molar-refractivity contribution in [2.75, 3.05) is 13.1 Å². The summed E-state index contributed by atoms with van der Waals surface area (Å²) in [6, 6.07) is 6.63. The number of aromatic amines is 1. The summed E-state index contributed by atoms with van der Waals surface area (Å²) < 4.78 is 0. The van der Waals surface area contributed by atoms with E-state index in [2.05, 4.69) is 20.4 Å². The minimum Gasteiger partial charge on any atom is -0.334 e. The van der Waals surface area contributed by atoms with Gasteiger partial charge in [0.15, 0.2) is 0 Å². The molecule has 0 radical (unpaired) electrons. The zero-order valence-electron chi connectivity index (χ0n) is 12.0. The molecule has 2 aromatic rings. The van der Waals surface area contributed by atoms with Crippen LogP contribution in [-0.4, -0.2) is 46.2 Å². The van der Waals surface area contributed by atoms with Crippen molar-refractivity contribution >= 4 is 16.8 Å². The van der Waals surface area contributed by atoms with Crippen LogP contribution in [0.25, 0.3) is 10.9 Å². The van der Waals surface area contributed by atoms with Crippen LogP contribution in [0.15, 0.2) is 24.4 Å². The minimum atomic E-state index is 0.155. The first kappa shape index (κ1) is 12.8. The van der Waals surface area contributed by atoms with E-state index in [1.807, 2.05) is 18.2 Å². The van der Waals surface area contributed by atoms with E-state index in [1.165, 1.54) is 12.8 Å². The van der Waals surface area contributed by atoms with Gasteiger partial charge in [-0.05, 0) is 44.4 Å². The van der Waals surface area contributed by atoms with Crippen LogP contribution < -0.4 is 5.32 Å². The molecule has 2 unspecified atom stereocenters. The Morgan fingerprint density at radius 1 is 1.29 bits per heavy atom. The van der Waals surface area contributed by atoms with E-state index in [-0.39, 0.29) is 5.91 Å². The molecule has 0 saturated carbocycles. The van der Waals surface area contributed by atoms with Crippen molar-refractivity contribution < 1.29 is 4.79 Å². The highest BCUT2D eigenvalue weighted by Crippen LogP contribution is 2.27. The van der Waals surface area contributed by atoms with Gasteiger partial charge in [-0.1, -0.05) is 6.07 Å². The van der Waals surface area contributed by atoms with Gasteiger partial charge in [0.25, 0.3) is 5.91 Å². The highest BCUT2D eigenvalue weighted by atomic mass is 16.2. The molecule has 2 atom stereocenters. The molecular weight excluding hydrogens is 264 g/mol. The minimum absolute atomic E-state index is 0.155. The van der Waals surface area contributed by atoms with Gasteiger partial charge >= 0.3 is 0 Å². The Bertz CT molecular complexity index is 659. The number of nitrogens with zero attached hydrogens (tertiary/aromatic N) is 2. The lowest BCUT2D eigenvalue weighted by Gasteiger charge is -2.29. The first-order valence-corrected chi connectivity index (χ1v) is 7.80. The largest absolute Gasteiger partial charge is 0.334 e. The van der Waals surface area contributed by atoms with Crippen molar-refractivity contribution in [3.05, 3.63) is 30.0 Å². The van der Waals surface area contributed by atoms with Gasteiger partial charge in [-0.15, -0.1) is 0 Å². The zero-order valence-corrected chi connectivity index (χ0v) is 12.0. The highest BCUT2D eigenvalue weighted by molar-refractivity contribution is 5.98. The third-order valence-electron chi connectivity index (χ3n) is 4.81. The number of hydrogen-bond donors (Lipinski definition) is 2. The molecule has 0 spiro atoms. The van der Waals surface area contributed by atoms with Gasteiger partial charge in [-0.2, -0.15) is 5.10 Å². The molecule has 0 aliphatic carbocycles. The van der Waals surface area contributed by atoms with Crippen LogP contribution in [0, 0.1) is 0 Å². The number of carbonyl (C=O) groups excluding carboxylic acids is 1. The Balaban J connectivity index is 1.60. The van der Waals surface area contributed by atoms with Crippen LogP contribution in [0.3, 0.4) is 0 Å². The summed E-state index contributed by atoms with van der Waals surface area (Å²) in [5, 5.41) is 11.5. The summed E-state index contributed by atoms with van der Waals surface area (Å²) in [7, 11) is 0. The number of carbonyl (C=O) groups is 1. The number of fused-ring (bicyclic) bond motifs is 1. The van der Waals surface area contributed by atoms with Crippen LogP contribution in [-0.2, 0) is 0 Å². The van der Waals surface area contributed by atoms with Crippen LogP contribution in [0.5, 0.6) is 0 Å². The maximum Gasteiger partial charge on any atom is 0.254 e. The quantitative estimate of drug-likeness (QED) is 0.885. The lowest BCUT2D eigenvalue weighted by atomic mass is 10.0. The van der Waals surface area contributed by atoms with Gasteiger partial charge in [0.2, 0.25) is 0 Å². The number of benzene rings is 1. The van der Waals surface area contributed by atoms with Gasteiger partial charge in [0.05, 0.1) is 11.7 Å². The second kappa shape index (κ2) is 5.15. The average Bonchev–Trinajstić information content (AvgIpc) is 3.24. The molecule has 110 valence electrons. The monoisotopic (exact) mass is 284 g/mol.